The monoisotopic (exact) mass is 657 g/mol. The van der Waals surface area contributed by atoms with Crippen LogP contribution in [-0.2, 0) is 6.42 Å². The molecule has 1 aromatic heterocycles. The Kier molecular flexibility index (Phi) is 10.1. The number of piperidine rings is 1. The number of nitrogens with zero attached hydrogens (tertiary/aromatic N) is 3. The summed E-state index contributed by atoms with van der Waals surface area (Å²) < 4.78 is 17.4. The molecule has 3 N–H and O–H groups in total. The van der Waals surface area contributed by atoms with Crippen molar-refractivity contribution >= 4 is 28.9 Å². The number of aromatic nitrogens is 1. The number of ether oxygens (including phenoxy) is 3. The van der Waals surface area contributed by atoms with E-state index in [1.54, 1.807) is 30.3 Å². The zero-order valence-electron chi connectivity index (χ0n) is 27.7. The molecular formula is C36H43N5O7. The standard InChI is InChI=1S/C36H43N5O7/c1-4-12-46-25-16-26(47-13-5-2)18-27(17-25)48-21-24(42)20-38-30-6-9-37-34(43)33(30)32-15-22-14-28-29(19-31(22)39-32)36(45)41(35(28)44)23-7-10-40(3)11-8-23/h6,9,14,16-19,23-24,42H,4-5,7-8,10-13,15,20-21H2,1-3H3,(H2,37,38,43). The minimum atomic E-state index is -0.910. The molecule has 12 heteroatoms. The van der Waals surface area contributed by atoms with Gasteiger partial charge in [0.15, 0.2) is 0 Å². The summed E-state index contributed by atoms with van der Waals surface area (Å²) in [6, 6.07) is 10.4. The van der Waals surface area contributed by atoms with Gasteiger partial charge in [0.05, 0.1) is 47.0 Å². The Bertz CT molecular complexity index is 1740. The lowest BCUT2D eigenvalue weighted by Crippen LogP contribution is -2.46. The molecule has 3 aliphatic heterocycles. The topological polar surface area (TPSA) is 146 Å². The number of H-pyrrole nitrogens is 1. The van der Waals surface area contributed by atoms with Gasteiger partial charge in [0.1, 0.15) is 30.0 Å². The lowest BCUT2D eigenvalue weighted by molar-refractivity contribution is 0.0516. The number of nitrogens with one attached hydrogen (secondary N) is 2. The minimum Gasteiger partial charge on any atom is -0.493 e. The maximum atomic E-state index is 13.4. The SMILES string of the molecule is CCCOc1cc(OCCC)cc(OCC(O)CNc2cc[nH]c(=O)c2C2=Nc3cc4c(cc3C2)C(=O)N(C2CCN(C)CC2)C4=O)c1. The van der Waals surface area contributed by atoms with Crippen LogP contribution >= 0.6 is 0 Å². The van der Waals surface area contributed by atoms with Gasteiger partial charge in [-0.1, -0.05) is 13.8 Å². The lowest BCUT2D eigenvalue weighted by Gasteiger charge is -2.33. The number of aliphatic hydroxyl groups excluding tert-OH is 1. The van der Waals surface area contributed by atoms with Crippen molar-refractivity contribution < 1.29 is 28.9 Å². The molecule has 2 amide bonds. The summed E-state index contributed by atoms with van der Waals surface area (Å²) in [7, 11) is 2.04. The number of likely N-dealkylation sites (tertiary alicyclic amines) is 1. The molecule has 1 fully saturated rings. The highest BCUT2D eigenvalue weighted by molar-refractivity contribution is 6.22. The second-order valence-corrected chi connectivity index (χ2v) is 12.6. The van der Waals surface area contributed by atoms with Crippen LogP contribution in [-0.4, -0.2) is 96.1 Å². The van der Waals surface area contributed by atoms with Crippen molar-refractivity contribution in [2.45, 2.75) is 58.1 Å². The van der Waals surface area contributed by atoms with Gasteiger partial charge in [0.2, 0.25) is 0 Å². The number of amides is 2. The molecule has 1 unspecified atom stereocenters. The van der Waals surface area contributed by atoms with Crippen LogP contribution in [0.4, 0.5) is 11.4 Å². The van der Waals surface area contributed by atoms with Crippen LogP contribution in [0.15, 0.2) is 52.4 Å². The Morgan fingerprint density at radius 1 is 0.938 bits per heavy atom. The van der Waals surface area contributed by atoms with Gasteiger partial charge in [-0.05, 0) is 69.6 Å². The first-order valence-corrected chi connectivity index (χ1v) is 16.7. The summed E-state index contributed by atoms with van der Waals surface area (Å²) in [5, 5.41) is 14.0. The number of benzene rings is 2. The van der Waals surface area contributed by atoms with Crippen LogP contribution in [0.1, 0.15) is 71.4 Å². The smallest absolute Gasteiger partial charge is 0.261 e. The molecule has 2 aromatic carbocycles. The molecule has 0 saturated carbocycles. The van der Waals surface area contributed by atoms with Gasteiger partial charge in [0.25, 0.3) is 17.4 Å². The summed E-state index contributed by atoms with van der Waals surface area (Å²) >= 11 is 0. The first-order chi connectivity index (χ1) is 23.2. The number of fused-ring (bicyclic) bond motifs is 2. The molecule has 0 spiro atoms. The number of carbonyl (C=O) groups excluding carboxylic acids is 2. The molecule has 0 bridgehead atoms. The number of hydrogen-bond donors (Lipinski definition) is 3. The lowest BCUT2D eigenvalue weighted by atomic mass is 10.00. The van der Waals surface area contributed by atoms with Gasteiger partial charge in [-0.15, -0.1) is 0 Å². The van der Waals surface area contributed by atoms with E-state index < -0.39 is 6.10 Å². The van der Waals surface area contributed by atoms with E-state index in [1.807, 2.05) is 27.0 Å². The highest BCUT2D eigenvalue weighted by Gasteiger charge is 2.42. The Hall–Kier alpha value is -4.68. The van der Waals surface area contributed by atoms with Crippen molar-refractivity contribution in [2.75, 3.05) is 51.8 Å². The van der Waals surface area contributed by atoms with E-state index in [1.165, 1.54) is 11.1 Å². The van der Waals surface area contributed by atoms with Crippen LogP contribution in [0.3, 0.4) is 0 Å². The summed E-state index contributed by atoms with van der Waals surface area (Å²) in [5.41, 5.74) is 3.12. The van der Waals surface area contributed by atoms with Crippen LogP contribution in [0, 0.1) is 0 Å². The molecule has 6 rings (SSSR count). The first kappa shape index (κ1) is 33.2. The maximum Gasteiger partial charge on any atom is 0.261 e. The van der Waals surface area contributed by atoms with Gasteiger partial charge in [-0.2, -0.15) is 0 Å². The Labute approximate surface area is 279 Å². The molecule has 1 saturated heterocycles. The number of aromatic amines is 1. The summed E-state index contributed by atoms with van der Waals surface area (Å²) in [6.45, 7) is 6.96. The van der Waals surface area contributed by atoms with Gasteiger partial charge < -0.3 is 34.5 Å². The van der Waals surface area contributed by atoms with Crippen molar-refractivity contribution in [1.29, 1.82) is 0 Å². The average molecular weight is 658 g/mol. The van der Waals surface area contributed by atoms with E-state index in [0.29, 0.717) is 70.7 Å². The summed E-state index contributed by atoms with van der Waals surface area (Å²) in [4.78, 5) is 51.0. The summed E-state index contributed by atoms with van der Waals surface area (Å²) in [5.74, 6) is 1.24. The number of imide groups is 1. The highest BCUT2D eigenvalue weighted by Crippen LogP contribution is 2.37. The van der Waals surface area contributed by atoms with Crippen LogP contribution in [0.5, 0.6) is 17.2 Å². The van der Waals surface area contributed by atoms with E-state index >= 15 is 0 Å². The van der Waals surface area contributed by atoms with Crippen LogP contribution in [0.25, 0.3) is 0 Å². The van der Waals surface area contributed by atoms with Crippen LogP contribution < -0.4 is 25.1 Å². The van der Waals surface area contributed by atoms with Gasteiger partial charge in [-0.25, -0.2) is 0 Å². The van der Waals surface area contributed by atoms with E-state index in [9.17, 15) is 19.5 Å². The van der Waals surface area contributed by atoms with Crippen molar-refractivity contribution in [1.82, 2.24) is 14.8 Å². The minimum absolute atomic E-state index is 0.00938. The molecule has 3 aromatic rings. The van der Waals surface area contributed by atoms with E-state index in [4.69, 9.17) is 19.2 Å². The fourth-order valence-corrected chi connectivity index (χ4v) is 6.31. The van der Waals surface area contributed by atoms with Crippen LogP contribution in [0.2, 0.25) is 0 Å². The van der Waals surface area contributed by atoms with E-state index in [2.05, 4.69) is 15.2 Å². The van der Waals surface area contributed by atoms with Crippen molar-refractivity contribution in [3.05, 3.63) is 75.2 Å². The summed E-state index contributed by atoms with van der Waals surface area (Å²) in [6.07, 6.45) is 4.19. The number of hydrogen-bond acceptors (Lipinski definition) is 10. The Morgan fingerprint density at radius 2 is 1.56 bits per heavy atom. The molecule has 48 heavy (non-hydrogen) atoms. The first-order valence-electron chi connectivity index (χ1n) is 16.7. The molecule has 1 atom stereocenters. The number of carbonyl (C=O) groups is 2. The van der Waals surface area contributed by atoms with Crippen molar-refractivity contribution in [3.8, 4) is 17.2 Å². The molecular weight excluding hydrogens is 614 g/mol. The molecule has 12 nitrogen and oxygen atoms in total. The quantitative estimate of drug-likeness (QED) is 0.218. The van der Waals surface area contributed by atoms with Gasteiger partial charge in [-0.3, -0.25) is 24.3 Å². The number of aliphatic hydroxyl groups is 1. The van der Waals surface area contributed by atoms with Gasteiger partial charge in [0, 0.05) is 43.4 Å². The highest BCUT2D eigenvalue weighted by atomic mass is 16.5. The third kappa shape index (κ3) is 7.09. The zero-order valence-corrected chi connectivity index (χ0v) is 27.7. The predicted molar refractivity (Wildman–Crippen MR) is 182 cm³/mol. The third-order valence-electron chi connectivity index (χ3n) is 8.80. The number of rotatable bonds is 14. The fraction of sp³-hybridized carbons (Fsp3) is 0.444. The van der Waals surface area contributed by atoms with Crippen molar-refractivity contribution in [3.63, 3.8) is 0 Å². The zero-order chi connectivity index (χ0) is 33.8. The predicted octanol–water partition coefficient (Wildman–Crippen LogP) is 4.17. The largest absolute Gasteiger partial charge is 0.493 e. The fourth-order valence-electron chi connectivity index (χ4n) is 6.31. The van der Waals surface area contributed by atoms with E-state index in [0.717, 1.165) is 44.3 Å². The average Bonchev–Trinajstić information content (AvgIpc) is 3.60. The molecule has 0 aliphatic carbocycles. The van der Waals surface area contributed by atoms with Gasteiger partial charge >= 0.3 is 0 Å². The third-order valence-corrected chi connectivity index (χ3v) is 8.80. The van der Waals surface area contributed by atoms with Crippen molar-refractivity contribution in [2.24, 2.45) is 4.99 Å². The molecule has 4 heterocycles. The Balaban J connectivity index is 1.13. The number of anilines is 1. The molecule has 254 valence electrons. The maximum absolute atomic E-state index is 13.4. The Morgan fingerprint density at radius 3 is 2.21 bits per heavy atom. The number of aliphatic imine (C=N–C) groups is 1. The molecule has 0 radical (unpaired) electrons. The number of pyridine rings is 1. The van der Waals surface area contributed by atoms with E-state index in [-0.39, 0.29) is 36.6 Å². The molecule has 3 aliphatic rings. The second-order valence-electron chi connectivity index (χ2n) is 12.6. The normalized spacial score (nSPS) is 16.8. The second kappa shape index (κ2) is 14.6.